The average molecular weight is 415 g/mol. The predicted octanol–water partition coefficient (Wildman–Crippen LogP) is 3.09. The van der Waals surface area contributed by atoms with Crippen LogP contribution >= 0.6 is 0 Å². The van der Waals surface area contributed by atoms with Crippen LogP contribution in [0.15, 0.2) is 41.7 Å². The van der Waals surface area contributed by atoms with Crippen LogP contribution in [0.4, 0.5) is 17.2 Å². The summed E-state index contributed by atoms with van der Waals surface area (Å²) >= 11 is 0. The van der Waals surface area contributed by atoms with Crippen molar-refractivity contribution in [1.82, 2.24) is 19.7 Å². The molecule has 0 aliphatic carbocycles. The molecule has 1 saturated heterocycles. The Kier molecular flexibility index (Phi) is 5.18. The van der Waals surface area contributed by atoms with E-state index < -0.39 is 10.0 Å². The van der Waals surface area contributed by atoms with E-state index in [2.05, 4.69) is 43.7 Å². The Hall–Kier alpha value is -2.65. The van der Waals surface area contributed by atoms with Crippen molar-refractivity contribution in [2.75, 3.05) is 30.4 Å². The maximum absolute atomic E-state index is 12.4. The Labute approximate surface area is 170 Å². The summed E-state index contributed by atoms with van der Waals surface area (Å²) in [6.45, 7) is 6.37. The van der Waals surface area contributed by atoms with Crippen molar-refractivity contribution in [2.24, 2.45) is 11.8 Å². The van der Waals surface area contributed by atoms with Gasteiger partial charge in [-0.15, -0.1) is 0 Å². The van der Waals surface area contributed by atoms with Crippen molar-refractivity contribution < 1.29 is 8.42 Å². The molecule has 8 nitrogen and oxygen atoms in total. The zero-order valence-electron chi connectivity index (χ0n) is 16.8. The maximum atomic E-state index is 12.4. The first-order valence-electron chi connectivity index (χ1n) is 9.75. The quantitative estimate of drug-likeness (QED) is 0.593. The highest BCUT2D eigenvalue weighted by molar-refractivity contribution is 7.89. The van der Waals surface area contributed by atoms with Gasteiger partial charge in [-0.3, -0.25) is 0 Å². The summed E-state index contributed by atoms with van der Waals surface area (Å²) in [6, 6.07) is 7.11. The number of nitrogens with one attached hydrogen (secondary N) is 3. The number of sulfonamides is 1. The molecule has 3 N–H and O–H groups in total. The molecule has 4 rings (SSSR count). The minimum atomic E-state index is -3.56. The fraction of sp³-hybridized carbons (Fsp3) is 0.400. The van der Waals surface area contributed by atoms with Crippen molar-refractivity contribution in [3.05, 3.63) is 36.8 Å². The summed E-state index contributed by atoms with van der Waals surface area (Å²) in [4.78, 5) is 14.2. The van der Waals surface area contributed by atoms with E-state index in [-0.39, 0.29) is 4.90 Å². The van der Waals surface area contributed by atoms with Gasteiger partial charge in [0, 0.05) is 19.3 Å². The van der Waals surface area contributed by atoms with Crippen LogP contribution in [0.5, 0.6) is 0 Å². The van der Waals surface area contributed by atoms with Gasteiger partial charge < -0.3 is 15.2 Å². The van der Waals surface area contributed by atoms with E-state index in [0.29, 0.717) is 23.3 Å². The van der Waals surface area contributed by atoms with Crippen LogP contribution in [-0.4, -0.2) is 43.5 Å². The third kappa shape index (κ3) is 3.92. The molecule has 0 spiro atoms. The molecule has 0 saturated carbocycles. The minimum absolute atomic E-state index is 0.212. The van der Waals surface area contributed by atoms with Gasteiger partial charge in [-0.1, -0.05) is 13.8 Å². The number of anilines is 3. The second kappa shape index (κ2) is 7.64. The van der Waals surface area contributed by atoms with Gasteiger partial charge in [0.2, 0.25) is 10.0 Å². The molecule has 1 aromatic carbocycles. The molecule has 1 aliphatic heterocycles. The van der Waals surface area contributed by atoms with E-state index in [1.165, 1.54) is 19.8 Å². The fourth-order valence-electron chi connectivity index (χ4n) is 4.14. The standard InChI is InChI=1S/C20H26N6O2S/c1-13-8-14(2)11-26(10-13)18-5-4-15(29(27,28)21-3)9-17(18)25-20-16-6-7-22-19(16)23-12-24-20/h4-7,9,12-14,21H,8,10-11H2,1-3H3,(H2,22,23,24,25)/t13-,14+. The third-order valence-electron chi connectivity index (χ3n) is 5.36. The smallest absolute Gasteiger partial charge is 0.240 e. The van der Waals surface area contributed by atoms with Gasteiger partial charge in [0.25, 0.3) is 0 Å². The van der Waals surface area contributed by atoms with Crippen LogP contribution in [-0.2, 0) is 10.0 Å². The van der Waals surface area contributed by atoms with Gasteiger partial charge in [-0.2, -0.15) is 0 Å². The first kappa shape index (κ1) is 19.7. The number of hydrogen-bond donors (Lipinski definition) is 3. The Morgan fingerprint density at radius 3 is 2.62 bits per heavy atom. The number of hydrogen-bond acceptors (Lipinski definition) is 6. The lowest BCUT2D eigenvalue weighted by atomic mass is 9.91. The normalized spacial score (nSPS) is 20.2. The largest absolute Gasteiger partial charge is 0.369 e. The van der Waals surface area contributed by atoms with Gasteiger partial charge in [-0.25, -0.2) is 23.1 Å². The van der Waals surface area contributed by atoms with E-state index in [9.17, 15) is 8.42 Å². The molecule has 0 unspecified atom stereocenters. The van der Waals surface area contributed by atoms with Gasteiger partial charge in [0.1, 0.15) is 17.8 Å². The summed E-state index contributed by atoms with van der Waals surface area (Å²) in [7, 11) is -2.15. The number of fused-ring (bicyclic) bond motifs is 1. The fourth-order valence-corrected chi connectivity index (χ4v) is 4.89. The molecular formula is C20H26N6O2S. The molecule has 3 heterocycles. The van der Waals surface area contributed by atoms with Gasteiger partial charge in [0.05, 0.1) is 21.7 Å². The van der Waals surface area contributed by atoms with Gasteiger partial charge in [-0.05, 0) is 49.6 Å². The van der Waals surface area contributed by atoms with Crippen LogP contribution in [0.1, 0.15) is 20.3 Å². The molecule has 29 heavy (non-hydrogen) atoms. The van der Waals surface area contributed by atoms with Crippen molar-refractivity contribution >= 4 is 38.2 Å². The predicted molar refractivity (Wildman–Crippen MR) is 115 cm³/mol. The number of aromatic nitrogens is 3. The summed E-state index contributed by atoms with van der Waals surface area (Å²) in [6.07, 6.45) is 4.49. The van der Waals surface area contributed by atoms with Crippen LogP contribution in [0.3, 0.4) is 0 Å². The van der Waals surface area contributed by atoms with Crippen molar-refractivity contribution in [2.45, 2.75) is 25.2 Å². The summed E-state index contributed by atoms with van der Waals surface area (Å²) in [5.41, 5.74) is 2.41. The first-order valence-corrected chi connectivity index (χ1v) is 11.2. The van der Waals surface area contributed by atoms with E-state index >= 15 is 0 Å². The minimum Gasteiger partial charge on any atom is -0.369 e. The lowest BCUT2D eigenvalue weighted by molar-refractivity contribution is 0.357. The number of piperidine rings is 1. The molecule has 154 valence electrons. The van der Waals surface area contributed by atoms with Crippen molar-refractivity contribution in [1.29, 1.82) is 0 Å². The SMILES string of the molecule is CNS(=O)(=O)c1ccc(N2C[C@H](C)C[C@H](C)C2)c(Nc2ncnc3[nH]ccc23)c1. The van der Waals surface area contributed by atoms with Crippen LogP contribution in [0.25, 0.3) is 11.0 Å². The number of nitrogens with zero attached hydrogens (tertiary/aromatic N) is 3. The zero-order valence-corrected chi connectivity index (χ0v) is 17.6. The number of rotatable bonds is 5. The van der Waals surface area contributed by atoms with Crippen LogP contribution < -0.4 is 14.9 Å². The Balaban J connectivity index is 1.80. The second-order valence-corrected chi connectivity index (χ2v) is 9.71. The molecular weight excluding hydrogens is 388 g/mol. The van der Waals surface area contributed by atoms with Gasteiger partial charge in [0.15, 0.2) is 0 Å². The highest BCUT2D eigenvalue weighted by Gasteiger charge is 2.25. The third-order valence-corrected chi connectivity index (χ3v) is 6.78. The Morgan fingerprint density at radius 1 is 1.14 bits per heavy atom. The average Bonchev–Trinajstić information content (AvgIpc) is 3.17. The summed E-state index contributed by atoms with van der Waals surface area (Å²) in [5, 5.41) is 4.21. The van der Waals surface area contributed by atoms with E-state index in [1.807, 2.05) is 12.1 Å². The Morgan fingerprint density at radius 2 is 1.90 bits per heavy atom. The highest BCUT2D eigenvalue weighted by atomic mass is 32.2. The Bertz CT molecular complexity index is 1120. The van der Waals surface area contributed by atoms with Crippen molar-refractivity contribution in [3.63, 3.8) is 0 Å². The van der Waals surface area contributed by atoms with Crippen molar-refractivity contribution in [3.8, 4) is 0 Å². The van der Waals surface area contributed by atoms with Crippen LogP contribution in [0.2, 0.25) is 0 Å². The monoisotopic (exact) mass is 414 g/mol. The highest BCUT2D eigenvalue weighted by Crippen LogP contribution is 2.35. The van der Waals surface area contributed by atoms with Gasteiger partial charge >= 0.3 is 0 Å². The number of benzene rings is 1. The molecule has 2 atom stereocenters. The molecule has 0 amide bonds. The maximum Gasteiger partial charge on any atom is 0.240 e. The van der Waals surface area contributed by atoms with E-state index in [4.69, 9.17) is 0 Å². The molecule has 3 aromatic rings. The topological polar surface area (TPSA) is 103 Å². The summed E-state index contributed by atoms with van der Waals surface area (Å²) < 4.78 is 27.2. The molecule has 1 fully saturated rings. The molecule has 0 bridgehead atoms. The molecule has 0 radical (unpaired) electrons. The second-order valence-electron chi connectivity index (χ2n) is 7.82. The van der Waals surface area contributed by atoms with E-state index in [0.717, 1.165) is 29.8 Å². The first-order chi connectivity index (χ1) is 13.9. The lowest BCUT2D eigenvalue weighted by Gasteiger charge is -2.37. The molecule has 1 aliphatic rings. The molecule has 2 aromatic heterocycles. The zero-order chi connectivity index (χ0) is 20.6. The molecule has 9 heteroatoms. The number of aromatic amines is 1. The lowest BCUT2D eigenvalue weighted by Crippen LogP contribution is -2.39. The van der Waals surface area contributed by atoms with E-state index in [1.54, 1.807) is 18.3 Å². The van der Waals surface area contributed by atoms with Crippen LogP contribution in [0, 0.1) is 11.8 Å². The number of H-pyrrole nitrogens is 1. The summed E-state index contributed by atoms with van der Waals surface area (Å²) in [5.74, 6) is 1.78.